The summed E-state index contributed by atoms with van der Waals surface area (Å²) < 4.78 is 0. The van der Waals surface area contributed by atoms with Crippen LogP contribution in [-0.4, -0.2) is 17.6 Å². The minimum atomic E-state index is -0.701. The fourth-order valence-electron chi connectivity index (χ4n) is 3.31. The van der Waals surface area contributed by atoms with Crippen molar-refractivity contribution in [2.24, 2.45) is 16.6 Å². The van der Waals surface area contributed by atoms with E-state index in [9.17, 15) is 9.90 Å². The first-order chi connectivity index (χ1) is 7.04. The van der Waals surface area contributed by atoms with E-state index in [-0.39, 0.29) is 12.0 Å². The molecule has 15 heavy (non-hydrogen) atoms. The van der Waals surface area contributed by atoms with Crippen molar-refractivity contribution in [3.05, 3.63) is 0 Å². The predicted octanol–water partition coefficient (Wildman–Crippen LogP) is 2.40. The number of carboxylic acid groups (broad SMARTS) is 1. The van der Waals surface area contributed by atoms with Crippen LogP contribution in [0.1, 0.15) is 52.4 Å². The predicted molar refractivity (Wildman–Crippen MR) is 60.6 cm³/mol. The normalized spacial score (nSPS) is 22.1. The molecule has 1 aliphatic rings. The van der Waals surface area contributed by atoms with Crippen molar-refractivity contribution in [2.45, 2.75) is 52.4 Å². The minimum absolute atomic E-state index is 0.279. The van der Waals surface area contributed by atoms with Crippen LogP contribution in [0.2, 0.25) is 0 Å². The average molecular weight is 213 g/mol. The Morgan fingerprint density at radius 2 is 1.73 bits per heavy atom. The second-order valence-electron chi connectivity index (χ2n) is 5.14. The zero-order valence-electron chi connectivity index (χ0n) is 9.88. The molecule has 0 unspecified atom stereocenters. The zero-order chi connectivity index (χ0) is 11.5. The van der Waals surface area contributed by atoms with Gasteiger partial charge in [-0.3, -0.25) is 4.79 Å². The molecule has 0 amide bonds. The van der Waals surface area contributed by atoms with Gasteiger partial charge in [0, 0.05) is 6.54 Å². The summed E-state index contributed by atoms with van der Waals surface area (Å²) in [5.74, 6) is -0.701. The Hall–Kier alpha value is -0.570. The fraction of sp³-hybridized carbons (Fsp3) is 0.917. The summed E-state index contributed by atoms with van der Waals surface area (Å²) in [5.41, 5.74) is 5.27. The first-order valence-corrected chi connectivity index (χ1v) is 5.98. The lowest BCUT2D eigenvalue weighted by molar-refractivity contribution is -0.166. The second kappa shape index (κ2) is 4.52. The smallest absolute Gasteiger partial charge is 0.310 e. The van der Waals surface area contributed by atoms with Gasteiger partial charge < -0.3 is 10.8 Å². The molecule has 3 heteroatoms. The van der Waals surface area contributed by atoms with Crippen LogP contribution in [0.25, 0.3) is 0 Å². The highest BCUT2D eigenvalue weighted by Crippen LogP contribution is 2.59. The van der Waals surface area contributed by atoms with Gasteiger partial charge in [0.25, 0.3) is 0 Å². The molecule has 0 spiro atoms. The van der Waals surface area contributed by atoms with Gasteiger partial charge in [-0.15, -0.1) is 0 Å². The molecule has 0 aromatic rings. The molecule has 0 aromatic heterocycles. The molecule has 1 fully saturated rings. The molecule has 0 bridgehead atoms. The Kier molecular flexibility index (Phi) is 3.77. The van der Waals surface area contributed by atoms with Crippen molar-refractivity contribution < 1.29 is 9.90 Å². The third-order valence-corrected chi connectivity index (χ3v) is 3.83. The van der Waals surface area contributed by atoms with Crippen molar-refractivity contribution in [3.8, 4) is 0 Å². The lowest BCUT2D eigenvalue weighted by Crippen LogP contribution is -2.55. The number of hydrogen-bond acceptors (Lipinski definition) is 2. The van der Waals surface area contributed by atoms with Crippen molar-refractivity contribution in [2.75, 3.05) is 6.54 Å². The molecule has 1 aliphatic carbocycles. The standard InChI is InChI=1S/C12H23NO2/c1-3-5-11(6-4-2)7-12(8-11,9-13)10(14)15/h3-9,13H2,1-2H3,(H,14,15). The molecule has 0 aliphatic heterocycles. The minimum Gasteiger partial charge on any atom is -0.481 e. The van der Waals surface area contributed by atoms with Gasteiger partial charge in [0.15, 0.2) is 0 Å². The van der Waals surface area contributed by atoms with E-state index in [2.05, 4.69) is 13.8 Å². The molecule has 0 radical (unpaired) electrons. The molecular formula is C12H23NO2. The summed E-state index contributed by atoms with van der Waals surface area (Å²) in [6, 6.07) is 0. The molecule has 0 saturated heterocycles. The first-order valence-electron chi connectivity index (χ1n) is 5.98. The van der Waals surface area contributed by atoms with Crippen LogP contribution in [-0.2, 0) is 4.79 Å². The van der Waals surface area contributed by atoms with E-state index < -0.39 is 11.4 Å². The summed E-state index contributed by atoms with van der Waals surface area (Å²) in [7, 11) is 0. The summed E-state index contributed by atoms with van der Waals surface area (Å²) in [6.45, 7) is 4.62. The van der Waals surface area contributed by atoms with Gasteiger partial charge in [-0.1, -0.05) is 26.7 Å². The maximum absolute atomic E-state index is 11.2. The molecule has 3 N–H and O–H groups in total. The fourth-order valence-corrected chi connectivity index (χ4v) is 3.31. The number of aliphatic carboxylic acids is 1. The number of rotatable bonds is 6. The monoisotopic (exact) mass is 213 g/mol. The van der Waals surface area contributed by atoms with Crippen LogP contribution in [0.3, 0.4) is 0 Å². The number of hydrogen-bond donors (Lipinski definition) is 2. The summed E-state index contributed by atoms with van der Waals surface area (Å²) >= 11 is 0. The van der Waals surface area contributed by atoms with Gasteiger partial charge in [-0.25, -0.2) is 0 Å². The summed E-state index contributed by atoms with van der Waals surface area (Å²) in [4.78, 5) is 11.2. The molecule has 88 valence electrons. The maximum Gasteiger partial charge on any atom is 0.310 e. The van der Waals surface area contributed by atoms with E-state index in [0.29, 0.717) is 0 Å². The summed E-state index contributed by atoms with van der Waals surface area (Å²) in [6.07, 6.45) is 6.15. The Balaban J connectivity index is 2.66. The molecule has 0 atom stereocenters. The van der Waals surface area contributed by atoms with Crippen LogP contribution >= 0.6 is 0 Å². The van der Waals surface area contributed by atoms with Gasteiger partial charge in [0.2, 0.25) is 0 Å². The van der Waals surface area contributed by atoms with Gasteiger partial charge >= 0.3 is 5.97 Å². The lowest BCUT2D eigenvalue weighted by Gasteiger charge is -2.54. The third-order valence-electron chi connectivity index (χ3n) is 3.83. The Bertz CT molecular complexity index is 224. The van der Waals surface area contributed by atoms with Crippen molar-refractivity contribution in [1.29, 1.82) is 0 Å². The van der Waals surface area contributed by atoms with Crippen LogP contribution in [0, 0.1) is 10.8 Å². The Morgan fingerprint density at radius 3 is 2.00 bits per heavy atom. The number of carbonyl (C=O) groups is 1. The highest BCUT2D eigenvalue weighted by Gasteiger charge is 2.56. The first kappa shape index (κ1) is 12.5. The van der Waals surface area contributed by atoms with E-state index in [4.69, 9.17) is 5.73 Å². The second-order valence-corrected chi connectivity index (χ2v) is 5.14. The van der Waals surface area contributed by atoms with Crippen molar-refractivity contribution in [1.82, 2.24) is 0 Å². The van der Waals surface area contributed by atoms with Crippen LogP contribution in [0.15, 0.2) is 0 Å². The largest absolute Gasteiger partial charge is 0.481 e. The Morgan fingerprint density at radius 1 is 1.27 bits per heavy atom. The van der Waals surface area contributed by atoms with Crippen LogP contribution < -0.4 is 5.73 Å². The van der Waals surface area contributed by atoms with Crippen molar-refractivity contribution in [3.63, 3.8) is 0 Å². The van der Waals surface area contributed by atoms with E-state index in [1.807, 2.05) is 0 Å². The third kappa shape index (κ3) is 2.17. The highest BCUT2D eigenvalue weighted by atomic mass is 16.4. The highest BCUT2D eigenvalue weighted by molar-refractivity contribution is 5.76. The van der Waals surface area contributed by atoms with E-state index >= 15 is 0 Å². The zero-order valence-corrected chi connectivity index (χ0v) is 9.88. The summed E-state index contributed by atoms with van der Waals surface area (Å²) in [5, 5.41) is 9.17. The maximum atomic E-state index is 11.2. The number of nitrogens with two attached hydrogens (primary N) is 1. The van der Waals surface area contributed by atoms with Gasteiger partial charge in [0.05, 0.1) is 5.41 Å². The lowest BCUT2D eigenvalue weighted by atomic mass is 9.50. The van der Waals surface area contributed by atoms with E-state index in [1.165, 1.54) is 0 Å². The molecule has 0 aromatic carbocycles. The quantitative estimate of drug-likeness (QED) is 0.712. The van der Waals surface area contributed by atoms with Crippen LogP contribution in [0.4, 0.5) is 0 Å². The molecule has 1 rings (SSSR count). The van der Waals surface area contributed by atoms with E-state index in [0.717, 1.165) is 38.5 Å². The van der Waals surface area contributed by atoms with Gasteiger partial charge in [0.1, 0.15) is 0 Å². The molecule has 1 saturated carbocycles. The molecular weight excluding hydrogens is 190 g/mol. The molecule has 0 heterocycles. The number of carboxylic acids is 1. The van der Waals surface area contributed by atoms with Crippen LogP contribution in [0.5, 0.6) is 0 Å². The topological polar surface area (TPSA) is 63.3 Å². The average Bonchev–Trinajstić information content (AvgIpc) is 2.13. The van der Waals surface area contributed by atoms with Gasteiger partial charge in [-0.2, -0.15) is 0 Å². The molecule has 3 nitrogen and oxygen atoms in total. The van der Waals surface area contributed by atoms with Gasteiger partial charge in [-0.05, 0) is 31.1 Å². The Labute approximate surface area is 92.0 Å². The SMILES string of the molecule is CCCC1(CCC)CC(CN)(C(=O)O)C1. The van der Waals surface area contributed by atoms with Crippen molar-refractivity contribution >= 4 is 5.97 Å². The van der Waals surface area contributed by atoms with E-state index in [1.54, 1.807) is 0 Å².